The van der Waals surface area contributed by atoms with Crippen LogP contribution >= 0.6 is 0 Å². The van der Waals surface area contributed by atoms with Crippen molar-refractivity contribution < 1.29 is 19.1 Å². The maximum Gasteiger partial charge on any atom is 0.334 e. The summed E-state index contributed by atoms with van der Waals surface area (Å²) in [4.78, 5) is 23.4. The largest absolute Gasteiger partial charge is 0.427 e. The number of hydrogen-bond donors (Lipinski definition) is 1. The Bertz CT molecular complexity index is 834. The van der Waals surface area contributed by atoms with Gasteiger partial charge in [-0.2, -0.15) is 0 Å². The van der Waals surface area contributed by atoms with Gasteiger partial charge in [-0.05, 0) is 34.7 Å². The van der Waals surface area contributed by atoms with Crippen molar-refractivity contribution in [2.75, 3.05) is 5.32 Å². The average Bonchev–Trinajstić information content (AvgIpc) is 2.55. The monoisotopic (exact) mass is 353 g/mol. The molecule has 1 unspecified atom stereocenters. The van der Waals surface area contributed by atoms with Gasteiger partial charge in [0.15, 0.2) is 0 Å². The van der Waals surface area contributed by atoms with Crippen molar-refractivity contribution in [1.82, 2.24) is 0 Å². The molecule has 0 saturated carbocycles. The van der Waals surface area contributed by atoms with Crippen LogP contribution in [0, 0.1) is 0 Å². The fraction of sp³-hybridized carbons (Fsp3) is 0.333. The zero-order valence-corrected chi connectivity index (χ0v) is 15.5. The van der Waals surface area contributed by atoms with E-state index in [0.29, 0.717) is 17.9 Å². The summed E-state index contributed by atoms with van der Waals surface area (Å²) in [5, 5.41) is 3.24. The van der Waals surface area contributed by atoms with Crippen LogP contribution in [-0.2, 0) is 21.4 Å². The molecule has 0 saturated heterocycles. The molecule has 1 heterocycles. The first-order valence-corrected chi connectivity index (χ1v) is 8.62. The normalized spacial score (nSPS) is 16.5. The number of carbonyl (C=O) groups is 2. The van der Waals surface area contributed by atoms with Gasteiger partial charge in [0.2, 0.25) is 0 Å². The van der Waals surface area contributed by atoms with E-state index in [0.717, 1.165) is 11.3 Å². The highest BCUT2D eigenvalue weighted by Gasteiger charge is 2.29. The molecule has 2 aromatic rings. The molecule has 0 radical (unpaired) electrons. The lowest BCUT2D eigenvalue weighted by Crippen LogP contribution is -2.38. The first kappa shape index (κ1) is 18.0. The van der Waals surface area contributed by atoms with Gasteiger partial charge in [0.1, 0.15) is 17.5 Å². The molecule has 2 aromatic carbocycles. The van der Waals surface area contributed by atoms with E-state index in [-0.39, 0.29) is 11.4 Å². The summed E-state index contributed by atoms with van der Waals surface area (Å²) in [6.07, 6.45) is 0.509. The van der Waals surface area contributed by atoms with Gasteiger partial charge in [-0.15, -0.1) is 0 Å². The number of anilines is 1. The van der Waals surface area contributed by atoms with Crippen LogP contribution in [0.15, 0.2) is 42.5 Å². The van der Waals surface area contributed by atoms with E-state index in [4.69, 9.17) is 9.47 Å². The van der Waals surface area contributed by atoms with Crippen LogP contribution in [0.3, 0.4) is 0 Å². The highest BCUT2D eigenvalue weighted by Crippen LogP contribution is 2.31. The molecular formula is C21H23NO4. The zero-order valence-electron chi connectivity index (χ0n) is 15.5. The van der Waals surface area contributed by atoms with E-state index in [1.165, 1.54) is 12.5 Å². The Hall–Kier alpha value is -2.82. The maximum absolute atomic E-state index is 12.3. The number of rotatable bonds is 3. The molecule has 1 atom stereocenters. The molecule has 0 amide bonds. The first-order valence-electron chi connectivity index (χ1n) is 8.62. The second-order valence-corrected chi connectivity index (χ2v) is 7.51. The minimum absolute atomic E-state index is 0.0842. The fourth-order valence-electron chi connectivity index (χ4n) is 2.89. The van der Waals surface area contributed by atoms with Gasteiger partial charge in [-0.25, -0.2) is 4.79 Å². The average molecular weight is 353 g/mol. The molecule has 1 aliphatic heterocycles. The highest BCUT2D eigenvalue weighted by molar-refractivity contribution is 5.84. The van der Waals surface area contributed by atoms with Crippen molar-refractivity contribution in [3.63, 3.8) is 0 Å². The third kappa shape index (κ3) is 4.04. The van der Waals surface area contributed by atoms with Crippen molar-refractivity contribution in [3.8, 4) is 11.5 Å². The number of nitrogens with one attached hydrogen (secondary N) is 1. The van der Waals surface area contributed by atoms with E-state index < -0.39 is 12.0 Å². The minimum atomic E-state index is -0.456. The fourth-order valence-corrected chi connectivity index (χ4v) is 2.89. The molecule has 0 bridgehead atoms. The standard InChI is InChI=1S/C21H23NO4/c1-13(23)25-17-10-5-14-11-18(20(24)26-19(14)12-17)22-16-8-6-15(7-9-16)21(2,3)4/h5-10,12,18,22H,11H2,1-4H3. The van der Waals surface area contributed by atoms with Gasteiger partial charge in [-0.1, -0.05) is 39.0 Å². The predicted octanol–water partition coefficient (Wildman–Crippen LogP) is 3.85. The molecule has 5 heteroatoms. The predicted molar refractivity (Wildman–Crippen MR) is 99.6 cm³/mol. The van der Waals surface area contributed by atoms with E-state index >= 15 is 0 Å². The Morgan fingerprint density at radius 3 is 2.46 bits per heavy atom. The van der Waals surface area contributed by atoms with E-state index in [1.54, 1.807) is 12.1 Å². The van der Waals surface area contributed by atoms with E-state index in [9.17, 15) is 9.59 Å². The summed E-state index contributed by atoms with van der Waals surface area (Å²) in [5.74, 6) is 0.0471. The van der Waals surface area contributed by atoms with Crippen LogP contribution in [0.5, 0.6) is 11.5 Å². The highest BCUT2D eigenvalue weighted by atomic mass is 16.5. The second kappa shape index (κ2) is 6.83. The number of benzene rings is 2. The molecule has 0 fully saturated rings. The van der Waals surface area contributed by atoms with Crippen LogP contribution in [0.2, 0.25) is 0 Å². The zero-order chi connectivity index (χ0) is 18.9. The third-order valence-electron chi connectivity index (χ3n) is 4.31. The summed E-state index contributed by atoms with van der Waals surface area (Å²) < 4.78 is 10.5. The smallest absolute Gasteiger partial charge is 0.334 e. The molecule has 1 aliphatic rings. The number of carbonyl (C=O) groups excluding carboxylic acids is 2. The number of ether oxygens (including phenoxy) is 2. The number of hydrogen-bond acceptors (Lipinski definition) is 5. The van der Waals surface area contributed by atoms with Crippen LogP contribution in [-0.4, -0.2) is 18.0 Å². The van der Waals surface area contributed by atoms with Crippen LogP contribution in [0.1, 0.15) is 38.8 Å². The van der Waals surface area contributed by atoms with Crippen molar-refractivity contribution in [3.05, 3.63) is 53.6 Å². The molecule has 0 aliphatic carbocycles. The van der Waals surface area contributed by atoms with Crippen LogP contribution in [0.4, 0.5) is 5.69 Å². The third-order valence-corrected chi connectivity index (χ3v) is 4.31. The first-order chi connectivity index (χ1) is 12.2. The lowest BCUT2D eigenvalue weighted by Gasteiger charge is -2.25. The van der Waals surface area contributed by atoms with Gasteiger partial charge in [0.25, 0.3) is 0 Å². The lowest BCUT2D eigenvalue weighted by atomic mass is 9.87. The molecule has 136 valence electrons. The molecule has 5 nitrogen and oxygen atoms in total. The van der Waals surface area contributed by atoms with Crippen molar-refractivity contribution in [1.29, 1.82) is 0 Å². The quantitative estimate of drug-likeness (QED) is 0.671. The Morgan fingerprint density at radius 2 is 1.85 bits per heavy atom. The van der Waals surface area contributed by atoms with Crippen molar-refractivity contribution in [2.24, 2.45) is 0 Å². The Balaban J connectivity index is 1.73. The lowest BCUT2D eigenvalue weighted by molar-refractivity contribution is -0.136. The summed E-state index contributed by atoms with van der Waals surface area (Å²) in [7, 11) is 0. The van der Waals surface area contributed by atoms with Crippen LogP contribution < -0.4 is 14.8 Å². The topological polar surface area (TPSA) is 64.6 Å². The van der Waals surface area contributed by atoms with Gasteiger partial charge in [0, 0.05) is 25.1 Å². The summed E-state index contributed by atoms with van der Waals surface area (Å²) in [6.45, 7) is 7.81. The summed E-state index contributed by atoms with van der Waals surface area (Å²) in [6, 6.07) is 12.7. The van der Waals surface area contributed by atoms with E-state index in [2.05, 4.69) is 38.2 Å². The van der Waals surface area contributed by atoms with E-state index in [1.807, 2.05) is 18.2 Å². The van der Waals surface area contributed by atoms with Crippen LogP contribution in [0.25, 0.3) is 0 Å². The van der Waals surface area contributed by atoms with Crippen molar-refractivity contribution >= 4 is 17.6 Å². The van der Waals surface area contributed by atoms with Gasteiger partial charge in [0.05, 0.1) is 0 Å². The SMILES string of the molecule is CC(=O)Oc1ccc2c(c1)OC(=O)C(Nc1ccc(C(C)(C)C)cc1)C2. The number of fused-ring (bicyclic) bond motifs is 1. The van der Waals surface area contributed by atoms with Gasteiger partial charge >= 0.3 is 11.9 Å². The minimum Gasteiger partial charge on any atom is -0.427 e. The maximum atomic E-state index is 12.3. The number of esters is 2. The molecule has 3 rings (SSSR count). The summed E-state index contributed by atoms with van der Waals surface area (Å²) >= 11 is 0. The molecule has 1 N–H and O–H groups in total. The van der Waals surface area contributed by atoms with Gasteiger partial charge in [-0.3, -0.25) is 4.79 Å². The summed E-state index contributed by atoms with van der Waals surface area (Å²) in [5.41, 5.74) is 3.09. The Kier molecular flexibility index (Phi) is 4.72. The van der Waals surface area contributed by atoms with Gasteiger partial charge < -0.3 is 14.8 Å². The molecule has 26 heavy (non-hydrogen) atoms. The Morgan fingerprint density at radius 1 is 1.15 bits per heavy atom. The second-order valence-electron chi connectivity index (χ2n) is 7.51. The molecule has 0 spiro atoms. The van der Waals surface area contributed by atoms with Crippen molar-refractivity contribution in [2.45, 2.75) is 45.6 Å². The molecule has 0 aromatic heterocycles. The molecular weight excluding hydrogens is 330 g/mol. The Labute approximate surface area is 153 Å².